The minimum atomic E-state index is -5.27. The summed E-state index contributed by atoms with van der Waals surface area (Å²) >= 11 is 0. The molecule has 0 aliphatic rings. The first-order chi connectivity index (χ1) is 4.19. The molecular formula is C4H4F4O2. The molecular weight excluding hydrogens is 156 g/mol. The van der Waals surface area contributed by atoms with Crippen LogP contribution in [0.5, 0.6) is 0 Å². The van der Waals surface area contributed by atoms with E-state index >= 15 is 0 Å². The first-order valence-corrected chi connectivity index (χ1v) is 2.18. The minimum absolute atomic E-state index is 0.268. The third kappa shape index (κ3) is 1.44. The van der Waals surface area contributed by atoms with Crippen LogP contribution in [0.2, 0.25) is 0 Å². The maximum absolute atomic E-state index is 11.7. The standard InChI is InChI=1S/C4H4F4O2/c1-2(9)3(5,6)4(7,8)10/h10H,1H3. The Hall–Kier alpha value is -0.650. The van der Waals surface area contributed by atoms with E-state index in [-0.39, 0.29) is 6.92 Å². The van der Waals surface area contributed by atoms with Gasteiger partial charge in [0, 0.05) is 6.92 Å². The Kier molecular flexibility index (Phi) is 2.05. The lowest BCUT2D eigenvalue weighted by Gasteiger charge is -2.17. The van der Waals surface area contributed by atoms with Crippen LogP contribution in [0.1, 0.15) is 6.92 Å². The third-order valence-electron chi connectivity index (χ3n) is 0.820. The molecule has 0 aromatic rings. The normalized spacial score (nSPS) is 13.4. The molecule has 0 aromatic carbocycles. The van der Waals surface area contributed by atoms with Crippen molar-refractivity contribution in [1.82, 2.24) is 0 Å². The van der Waals surface area contributed by atoms with E-state index in [1.165, 1.54) is 0 Å². The Morgan fingerprint density at radius 2 is 1.60 bits per heavy atom. The number of halogens is 4. The molecule has 0 aromatic heterocycles. The van der Waals surface area contributed by atoms with Gasteiger partial charge in [0.1, 0.15) is 0 Å². The van der Waals surface area contributed by atoms with Crippen LogP contribution in [0.4, 0.5) is 17.6 Å². The van der Waals surface area contributed by atoms with Gasteiger partial charge in [-0.1, -0.05) is 0 Å². The molecule has 60 valence electrons. The Morgan fingerprint density at radius 1 is 1.30 bits per heavy atom. The van der Waals surface area contributed by atoms with Gasteiger partial charge in [0.2, 0.25) is 5.78 Å². The number of Topliss-reactive ketones (excluding diaryl/α,β-unsaturated/α-hetero) is 1. The quantitative estimate of drug-likeness (QED) is 0.606. The van der Waals surface area contributed by atoms with Gasteiger partial charge < -0.3 is 5.11 Å². The summed E-state index contributed by atoms with van der Waals surface area (Å²) in [6.45, 7) is 0.268. The molecule has 1 N–H and O–H groups in total. The van der Waals surface area contributed by atoms with Gasteiger partial charge >= 0.3 is 12.0 Å². The molecule has 6 heteroatoms. The van der Waals surface area contributed by atoms with E-state index in [2.05, 4.69) is 0 Å². The summed E-state index contributed by atoms with van der Waals surface area (Å²) in [7, 11) is 0. The molecule has 0 saturated heterocycles. The molecule has 0 rings (SSSR count). The number of carbonyl (C=O) groups is 1. The lowest BCUT2D eigenvalue weighted by atomic mass is 10.2. The molecule has 2 nitrogen and oxygen atoms in total. The molecule has 0 amide bonds. The molecule has 0 saturated carbocycles. The predicted octanol–water partition coefficient (Wildman–Crippen LogP) is 0.796. The van der Waals surface area contributed by atoms with Crippen molar-refractivity contribution in [3.63, 3.8) is 0 Å². The van der Waals surface area contributed by atoms with E-state index in [1.54, 1.807) is 0 Å². The van der Waals surface area contributed by atoms with Crippen LogP contribution >= 0.6 is 0 Å². The van der Waals surface area contributed by atoms with E-state index in [0.29, 0.717) is 0 Å². The Bertz CT molecular complexity index is 148. The molecule has 10 heavy (non-hydrogen) atoms. The van der Waals surface area contributed by atoms with Gasteiger partial charge in [-0.05, 0) is 0 Å². The van der Waals surface area contributed by atoms with Crippen LogP contribution in [0, 0.1) is 0 Å². The van der Waals surface area contributed by atoms with E-state index in [0.717, 1.165) is 0 Å². The SMILES string of the molecule is CC(=O)C(F)(F)C(O)(F)F. The predicted molar refractivity (Wildman–Crippen MR) is 22.8 cm³/mol. The second-order valence-electron chi connectivity index (χ2n) is 1.67. The zero-order valence-corrected chi connectivity index (χ0v) is 4.87. The molecule has 0 fully saturated rings. The maximum atomic E-state index is 11.7. The monoisotopic (exact) mass is 160 g/mol. The summed E-state index contributed by atoms with van der Waals surface area (Å²) in [5.74, 6) is -7.05. The average Bonchev–Trinajstić information content (AvgIpc) is 1.62. The van der Waals surface area contributed by atoms with E-state index in [1.807, 2.05) is 0 Å². The lowest BCUT2D eigenvalue weighted by molar-refractivity contribution is -0.309. The van der Waals surface area contributed by atoms with Crippen LogP contribution in [0.15, 0.2) is 0 Å². The smallest absolute Gasteiger partial charge is 0.331 e. The molecule has 0 aliphatic heterocycles. The zero-order valence-electron chi connectivity index (χ0n) is 4.87. The van der Waals surface area contributed by atoms with Crippen LogP contribution in [-0.2, 0) is 4.79 Å². The fourth-order valence-corrected chi connectivity index (χ4v) is 0.212. The van der Waals surface area contributed by atoms with Crippen molar-refractivity contribution >= 4 is 5.78 Å². The van der Waals surface area contributed by atoms with Gasteiger partial charge in [-0.25, -0.2) is 0 Å². The fourth-order valence-electron chi connectivity index (χ4n) is 0.212. The minimum Gasteiger partial charge on any atom is -0.331 e. The largest absolute Gasteiger partial charge is 0.424 e. The van der Waals surface area contributed by atoms with Crippen molar-refractivity contribution in [2.24, 2.45) is 0 Å². The second kappa shape index (κ2) is 2.19. The van der Waals surface area contributed by atoms with Crippen LogP contribution in [0.25, 0.3) is 0 Å². The van der Waals surface area contributed by atoms with E-state index < -0.39 is 17.8 Å². The highest BCUT2D eigenvalue weighted by molar-refractivity contribution is 5.83. The number of aliphatic hydroxyl groups is 1. The second-order valence-corrected chi connectivity index (χ2v) is 1.67. The van der Waals surface area contributed by atoms with Crippen LogP contribution < -0.4 is 0 Å². The van der Waals surface area contributed by atoms with Gasteiger partial charge in [0.05, 0.1) is 0 Å². The number of hydrogen-bond acceptors (Lipinski definition) is 2. The molecule has 0 spiro atoms. The van der Waals surface area contributed by atoms with Gasteiger partial charge in [-0.2, -0.15) is 17.6 Å². The number of hydrogen-bond donors (Lipinski definition) is 1. The summed E-state index contributed by atoms with van der Waals surface area (Å²) in [6, 6.07) is 0. The molecule has 0 bridgehead atoms. The highest BCUT2D eigenvalue weighted by Crippen LogP contribution is 2.31. The highest BCUT2D eigenvalue weighted by atomic mass is 19.3. The van der Waals surface area contributed by atoms with Crippen molar-refractivity contribution in [2.45, 2.75) is 19.0 Å². The maximum Gasteiger partial charge on any atom is 0.424 e. The number of ketones is 1. The third-order valence-corrected chi connectivity index (χ3v) is 0.820. The number of alkyl halides is 4. The van der Waals surface area contributed by atoms with E-state index in [9.17, 15) is 22.4 Å². The van der Waals surface area contributed by atoms with Crippen molar-refractivity contribution in [3.05, 3.63) is 0 Å². The number of carbonyl (C=O) groups excluding carboxylic acids is 1. The molecule has 0 aliphatic carbocycles. The van der Waals surface area contributed by atoms with Gasteiger partial charge in [0.15, 0.2) is 0 Å². The molecule has 0 atom stereocenters. The highest BCUT2D eigenvalue weighted by Gasteiger charge is 2.59. The average molecular weight is 160 g/mol. The molecule has 0 heterocycles. The summed E-state index contributed by atoms with van der Waals surface area (Å²) in [5.41, 5.74) is 0. The lowest BCUT2D eigenvalue weighted by Crippen LogP contribution is -2.45. The molecule has 0 radical (unpaired) electrons. The van der Waals surface area contributed by atoms with Crippen LogP contribution in [0.3, 0.4) is 0 Å². The zero-order chi connectivity index (χ0) is 8.58. The molecule has 0 unspecified atom stereocenters. The Balaban J connectivity index is 4.57. The fraction of sp³-hybridized carbons (Fsp3) is 0.750. The Labute approximate surface area is 53.5 Å². The topological polar surface area (TPSA) is 37.3 Å². The van der Waals surface area contributed by atoms with Crippen molar-refractivity contribution in [3.8, 4) is 0 Å². The summed E-state index contributed by atoms with van der Waals surface area (Å²) in [5, 5.41) is 7.41. The van der Waals surface area contributed by atoms with E-state index in [4.69, 9.17) is 5.11 Å². The van der Waals surface area contributed by atoms with Crippen molar-refractivity contribution in [2.75, 3.05) is 0 Å². The first-order valence-electron chi connectivity index (χ1n) is 2.18. The van der Waals surface area contributed by atoms with Gasteiger partial charge in [-0.3, -0.25) is 4.79 Å². The summed E-state index contributed by atoms with van der Waals surface area (Å²) in [6.07, 6.45) is -5.27. The van der Waals surface area contributed by atoms with Gasteiger partial charge in [0.25, 0.3) is 0 Å². The summed E-state index contributed by atoms with van der Waals surface area (Å²) < 4.78 is 46.1. The van der Waals surface area contributed by atoms with Crippen molar-refractivity contribution in [1.29, 1.82) is 0 Å². The first kappa shape index (κ1) is 9.35. The number of rotatable bonds is 2. The van der Waals surface area contributed by atoms with Crippen molar-refractivity contribution < 1.29 is 27.5 Å². The van der Waals surface area contributed by atoms with Gasteiger partial charge in [-0.15, -0.1) is 0 Å². The Morgan fingerprint density at radius 3 is 1.60 bits per heavy atom. The summed E-state index contributed by atoms with van der Waals surface area (Å²) in [4.78, 5) is 9.72. The van der Waals surface area contributed by atoms with Crippen LogP contribution in [-0.4, -0.2) is 22.9 Å².